The van der Waals surface area contributed by atoms with E-state index < -0.39 is 0 Å². The van der Waals surface area contributed by atoms with E-state index in [1.54, 1.807) is 0 Å². The molecule has 0 bridgehead atoms. The van der Waals surface area contributed by atoms with Crippen LogP contribution in [0.4, 0.5) is 0 Å². The predicted octanol–water partition coefficient (Wildman–Crippen LogP) is 0.949. The third-order valence-electron chi connectivity index (χ3n) is 3.45. The minimum absolute atomic E-state index is 0.281. The lowest BCUT2D eigenvalue weighted by molar-refractivity contribution is 0.144. The lowest BCUT2D eigenvalue weighted by Crippen LogP contribution is -2.42. The zero-order chi connectivity index (χ0) is 11.3. The van der Waals surface area contributed by atoms with Crippen LogP contribution in [0.1, 0.15) is 19.8 Å². The number of nitrogens with zero attached hydrogens (tertiary/aromatic N) is 2. The van der Waals surface area contributed by atoms with Gasteiger partial charge in [0, 0.05) is 38.3 Å². The average Bonchev–Trinajstić information content (AvgIpc) is 2.34. The lowest BCUT2D eigenvalue weighted by atomic mass is 10.1. The van der Waals surface area contributed by atoms with E-state index in [1.165, 1.54) is 6.42 Å². The minimum Gasteiger partial charge on any atom is -0.396 e. The molecule has 0 aromatic carbocycles. The minimum atomic E-state index is 0.281. The van der Waals surface area contributed by atoms with Crippen LogP contribution < -0.4 is 0 Å². The van der Waals surface area contributed by atoms with Crippen LogP contribution in [0.25, 0.3) is 0 Å². The molecule has 3 heteroatoms. The first-order valence-electron chi connectivity index (χ1n) is 5.85. The molecule has 1 aliphatic rings. The summed E-state index contributed by atoms with van der Waals surface area (Å²) in [7, 11) is 2.17. The van der Waals surface area contributed by atoms with Gasteiger partial charge in [0.15, 0.2) is 0 Å². The van der Waals surface area contributed by atoms with Crippen molar-refractivity contribution in [2.45, 2.75) is 31.8 Å². The van der Waals surface area contributed by atoms with Crippen LogP contribution in [0.3, 0.4) is 0 Å². The van der Waals surface area contributed by atoms with Gasteiger partial charge in [0.1, 0.15) is 0 Å². The zero-order valence-electron chi connectivity index (χ0n) is 10.0. The van der Waals surface area contributed by atoms with Crippen molar-refractivity contribution < 1.29 is 5.11 Å². The van der Waals surface area contributed by atoms with E-state index in [-0.39, 0.29) is 6.61 Å². The summed E-state index contributed by atoms with van der Waals surface area (Å²) in [5.41, 5.74) is 0. The van der Waals surface area contributed by atoms with Crippen molar-refractivity contribution in [3.8, 4) is 0 Å². The second-order valence-corrected chi connectivity index (χ2v) is 4.52. The molecule has 2 atom stereocenters. The van der Waals surface area contributed by atoms with Crippen LogP contribution in [-0.4, -0.2) is 60.3 Å². The van der Waals surface area contributed by atoms with Crippen molar-refractivity contribution in [1.82, 2.24) is 9.80 Å². The summed E-state index contributed by atoms with van der Waals surface area (Å²) < 4.78 is 0. The lowest BCUT2D eigenvalue weighted by Gasteiger charge is -2.31. The molecule has 1 N–H and O–H groups in total. The van der Waals surface area contributed by atoms with Gasteiger partial charge in [-0.05, 0) is 26.8 Å². The fourth-order valence-electron chi connectivity index (χ4n) is 2.24. The number of rotatable bonds is 4. The molecule has 1 rings (SSSR count). The van der Waals surface area contributed by atoms with Crippen molar-refractivity contribution >= 4 is 0 Å². The standard InChI is InChI=1S/C12H24N2O/c1-4-7-14-8-5-11(2)13(3)12(10-14)6-9-15/h4,11-12,15H,1,5-10H2,2-3H3. The molecule has 88 valence electrons. The largest absolute Gasteiger partial charge is 0.396 e. The van der Waals surface area contributed by atoms with Crippen LogP contribution in [0.2, 0.25) is 0 Å². The van der Waals surface area contributed by atoms with Gasteiger partial charge in [-0.15, -0.1) is 6.58 Å². The third kappa shape index (κ3) is 3.59. The Bertz CT molecular complexity index is 196. The first-order valence-corrected chi connectivity index (χ1v) is 5.85. The maximum atomic E-state index is 9.07. The molecule has 0 spiro atoms. The van der Waals surface area contributed by atoms with Gasteiger partial charge < -0.3 is 5.11 Å². The molecule has 0 radical (unpaired) electrons. The van der Waals surface area contributed by atoms with Crippen LogP contribution in [-0.2, 0) is 0 Å². The molecule has 1 fully saturated rings. The molecule has 0 amide bonds. The summed E-state index contributed by atoms with van der Waals surface area (Å²) in [4.78, 5) is 4.83. The van der Waals surface area contributed by atoms with E-state index >= 15 is 0 Å². The average molecular weight is 212 g/mol. The molecule has 1 aliphatic heterocycles. The Hall–Kier alpha value is -0.380. The van der Waals surface area contributed by atoms with Gasteiger partial charge in [-0.3, -0.25) is 9.80 Å². The van der Waals surface area contributed by atoms with E-state index in [4.69, 9.17) is 5.11 Å². The molecule has 0 aromatic heterocycles. The number of aliphatic hydroxyl groups is 1. The van der Waals surface area contributed by atoms with Gasteiger partial charge >= 0.3 is 0 Å². The second kappa shape index (κ2) is 6.26. The highest BCUT2D eigenvalue weighted by Gasteiger charge is 2.25. The Kier molecular flexibility index (Phi) is 5.29. The normalized spacial score (nSPS) is 30.1. The monoisotopic (exact) mass is 212 g/mol. The molecule has 1 heterocycles. The summed E-state index contributed by atoms with van der Waals surface area (Å²) >= 11 is 0. The molecule has 3 nitrogen and oxygen atoms in total. The number of hydrogen-bond donors (Lipinski definition) is 1. The SMILES string of the molecule is C=CCN1CCC(C)N(C)C(CCO)C1. The Balaban J connectivity index is 2.59. The molecule has 2 unspecified atom stereocenters. The summed E-state index contributed by atoms with van der Waals surface area (Å²) in [6.45, 7) is 9.49. The van der Waals surface area contributed by atoms with E-state index in [0.29, 0.717) is 12.1 Å². The van der Waals surface area contributed by atoms with Gasteiger partial charge in [-0.2, -0.15) is 0 Å². The van der Waals surface area contributed by atoms with Crippen molar-refractivity contribution in [3.63, 3.8) is 0 Å². The Labute approximate surface area is 93.4 Å². The van der Waals surface area contributed by atoms with Gasteiger partial charge in [-0.1, -0.05) is 6.08 Å². The number of aliphatic hydroxyl groups excluding tert-OH is 1. The molecule has 15 heavy (non-hydrogen) atoms. The van der Waals surface area contributed by atoms with Gasteiger partial charge in [0.25, 0.3) is 0 Å². The molecule has 0 aliphatic carbocycles. The van der Waals surface area contributed by atoms with Crippen LogP contribution in [0.15, 0.2) is 12.7 Å². The first-order chi connectivity index (χ1) is 7.19. The Morgan fingerprint density at radius 3 is 2.87 bits per heavy atom. The predicted molar refractivity (Wildman–Crippen MR) is 64.0 cm³/mol. The third-order valence-corrected chi connectivity index (χ3v) is 3.45. The van der Waals surface area contributed by atoms with Gasteiger partial charge in [-0.25, -0.2) is 0 Å². The van der Waals surface area contributed by atoms with Crippen LogP contribution in [0, 0.1) is 0 Å². The van der Waals surface area contributed by atoms with E-state index in [1.807, 2.05) is 6.08 Å². The highest BCUT2D eigenvalue weighted by molar-refractivity contribution is 4.85. The second-order valence-electron chi connectivity index (χ2n) is 4.52. The van der Waals surface area contributed by atoms with Crippen molar-refractivity contribution in [3.05, 3.63) is 12.7 Å². The summed E-state index contributed by atoms with van der Waals surface area (Å²) in [5.74, 6) is 0. The topological polar surface area (TPSA) is 26.7 Å². The molecule has 1 saturated heterocycles. The number of likely N-dealkylation sites (N-methyl/N-ethyl adjacent to an activating group) is 1. The van der Waals surface area contributed by atoms with Crippen molar-refractivity contribution in [2.75, 3.05) is 33.3 Å². The molecule has 0 saturated carbocycles. The summed E-state index contributed by atoms with van der Waals surface area (Å²) in [6, 6.07) is 1.09. The molecule has 0 aromatic rings. The van der Waals surface area contributed by atoms with Crippen LogP contribution >= 0.6 is 0 Å². The maximum Gasteiger partial charge on any atom is 0.0446 e. The summed E-state index contributed by atoms with van der Waals surface area (Å²) in [5, 5.41) is 9.07. The van der Waals surface area contributed by atoms with Gasteiger partial charge in [0.2, 0.25) is 0 Å². The smallest absolute Gasteiger partial charge is 0.0446 e. The summed E-state index contributed by atoms with van der Waals surface area (Å²) in [6.07, 6.45) is 4.03. The molecular formula is C12H24N2O. The van der Waals surface area contributed by atoms with Crippen molar-refractivity contribution in [2.24, 2.45) is 0 Å². The first kappa shape index (κ1) is 12.7. The number of hydrogen-bond acceptors (Lipinski definition) is 3. The quantitative estimate of drug-likeness (QED) is 0.703. The Morgan fingerprint density at radius 2 is 2.27 bits per heavy atom. The van der Waals surface area contributed by atoms with E-state index in [2.05, 4.69) is 30.4 Å². The fraction of sp³-hybridized carbons (Fsp3) is 0.833. The van der Waals surface area contributed by atoms with Crippen LogP contribution in [0.5, 0.6) is 0 Å². The van der Waals surface area contributed by atoms with E-state index in [9.17, 15) is 0 Å². The highest BCUT2D eigenvalue weighted by atomic mass is 16.3. The van der Waals surface area contributed by atoms with Crippen molar-refractivity contribution in [1.29, 1.82) is 0 Å². The van der Waals surface area contributed by atoms with Gasteiger partial charge in [0.05, 0.1) is 0 Å². The highest BCUT2D eigenvalue weighted by Crippen LogP contribution is 2.16. The Morgan fingerprint density at radius 1 is 1.53 bits per heavy atom. The van der Waals surface area contributed by atoms with E-state index in [0.717, 1.165) is 26.1 Å². The maximum absolute atomic E-state index is 9.07. The zero-order valence-corrected chi connectivity index (χ0v) is 10.0. The molecular weight excluding hydrogens is 188 g/mol. The fourth-order valence-corrected chi connectivity index (χ4v) is 2.24.